The first-order chi connectivity index (χ1) is 9.49. The largest absolute Gasteiger partial charge is 0.490 e. The van der Waals surface area contributed by atoms with Gasteiger partial charge in [-0.3, -0.25) is 4.79 Å². The van der Waals surface area contributed by atoms with Crippen LogP contribution < -0.4 is 4.74 Å². The van der Waals surface area contributed by atoms with Gasteiger partial charge in [0.1, 0.15) is 12.4 Å². The van der Waals surface area contributed by atoms with Crippen LogP contribution in [0.3, 0.4) is 0 Å². The van der Waals surface area contributed by atoms with E-state index < -0.39 is 0 Å². The number of allylic oxidation sites excluding steroid dienone is 3. The lowest BCUT2D eigenvalue weighted by atomic mass is 10.1. The molecule has 0 fully saturated rings. The maximum Gasteiger partial charge on any atom is 0.159 e. The Balaban J connectivity index is 2.39. The summed E-state index contributed by atoms with van der Waals surface area (Å²) in [6.07, 6.45) is 6.51. The summed E-state index contributed by atoms with van der Waals surface area (Å²) in [5.74, 6) is 0.870. The number of hydrogen-bond donors (Lipinski definition) is 0. The number of hydrogen-bond acceptors (Lipinski definition) is 2. The van der Waals surface area contributed by atoms with Crippen molar-refractivity contribution in [2.45, 2.75) is 40.5 Å². The normalized spacial score (nSPS) is 11.1. The second kappa shape index (κ2) is 8.36. The quantitative estimate of drug-likeness (QED) is 0.518. The van der Waals surface area contributed by atoms with Crippen LogP contribution in [0.15, 0.2) is 47.6 Å². The minimum Gasteiger partial charge on any atom is -0.490 e. The third-order valence-corrected chi connectivity index (χ3v) is 3.03. The van der Waals surface area contributed by atoms with Gasteiger partial charge in [-0.2, -0.15) is 0 Å². The SMILES string of the molecule is CC(=O)c1ccc(OC/C=C(\C)CCC=C(C)C)cc1. The minimum absolute atomic E-state index is 0.0755. The first-order valence-corrected chi connectivity index (χ1v) is 7.02. The molecule has 0 saturated heterocycles. The average molecular weight is 272 g/mol. The van der Waals surface area contributed by atoms with E-state index in [1.807, 2.05) is 12.1 Å². The third-order valence-electron chi connectivity index (χ3n) is 3.03. The van der Waals surface area contributed by atoms with Gasteiger partial charge in [-0.1, -0.05) is 17.2 Å². The molecular weight excluding hydrogens is 248 g/mol. The van der Waals surface area contributed by atoms with Gasteiger partial charge in [0.05, 0.1) is 0 Å². The van der Waals surface area contributed by atoms with E-state index in [-0.39, 0.29) is 5.78 Å². The molecule has 0 saturated carbocycles. The molecule has 0 unspecified atom stereocenters. The second-order valence-corrected chi connectivity index (χ2v) is 5.26. The topological polar surface area (TPSA) is 26.3 Å². The number of rotatable bonds is 7. The van der Waals surface area contributed by atoms with E-state index in [2.05, 4.69) is 32.9 Å². The fourth-order valence-electron chi connectivity index (χ4n) is 1.76. The Morgan fingerprint density at radius 2 is 1.70 bits per heavy atom. The van der Waals surface area contributed by atoms with Gasteiger partial charge in [0.2, 0.25) is 0 Å². The van der Waals surface area contributed by atoms with Crippen LogP contribution in [0.2, 0.25) is 0 Å². The molecule has 0 heterocycles. The van der Waals surface area contributed by atoms with Crippen molar-refractivity contribution in [2.75, 3.05) is 6.61 Å². The molecule has 2 nitrogen and oxygen atoms in total. The van der Waals surface area contributed by atoms with Crippen molar-refractivity contribution in [3.8, 4) is 5.75 Å². The molecule has 20 heavy (non-hydrogen) atoms. The van der Waals surface area contributed by atoms with Crippen molar-refractivity contribution in [3.63, 3.8) is 0 Å². The Morgan fingerprint density at radius 1 is 1.05 bits per heavy atom. The van der Waals surface area contributed by atoms with E-state index in [0.717, 1.165) is 18.6 Å². The van der Waals surface area contributed by atoms with Gasteiger partial charge < -0.3 is 4.74 Å². The van der Waals surface area contributed by atoms with E-state index in [9.17, 15) is 4.79 Å². The molecule has 1 rings (SSSR count). The van der Waals surface area contributed by atoms with Crippen LogP contribution in [0.1, 0.15) is 50.9 Å². The van der Waals surface area contributed by atoms with Gasteiger partial charge in [-0.25, -0.2) is 0 Å². The number of ketones is 1. The summed E-state index contributed by atoms with van der Waals surface area (Å²) >= 11 is 0. The van der Waals surface area contributed by atoms with E-state index in [0.29, 0.717) is 12.2 Å². The highest BCUT2D eigenvalue weighted by Gasteiger charge is 1.98. The number of carbonyl (C=O) groups is 1. The first-order valence-electron chi connectivity index (χ1n) is 7.02. The van der Waals surface area contributed by atoms with E-state index in [1.165, 1.54) is 11.1 Å². The zero-order valence-corrected chi connectivity index (χ0v) is 12.9. The first kappa shape index (κ1) is 16.2. The molecule has 0 bridgehead atoms. The number of Topliss-reactive ketones (excluding diaryl/α,β-unsaturated/α-hetero) is 1. The fourth-order valence-corrected chi connectivity index (χ4v) is 1.76. The highest BCUT2D eigenvalue weighted by Crippen LogP contribution is 2.13. The molecule has 1 aromatic rings. The number of carbonyl (C=O) groups excluding carboxylic acids is 1. The van der Waals surface area contributed by atoms with Crippen LogP contribution in [-0.4, -0.2) is 12.4 Å². The van der Waals surface area contributed by atoms with Crippen LogP contribution in [0.5, 0.6) is 5.75 Å². The maximum absolute atomic E-state index is 11.2. The van der Waals surface area contributed by atoms with Gasteiger partial charge >= 0.3 is 0 Å². The molecule has 0 radical (unpaired) electrons. The molecule has 0 aliphatic carbocycles. The van der Waals surface area contributed by atoms with Crippen LogP contribution in [-0.2, 0) is 0 Å². The van der Waals surface area contributed by atoms with Crippen LogP contribution in [0.25, 0.3) is 0 Å². The Bertz CT molecular complexity index is 489. The predicted octanol–water partition coefficient (Wildman–Crippen LogP) is 4.96. The molecule has 0 aliphatic rings. The Morgan fingerprint density at radius 3 is 2.25 bits per heavy atom. The smallest absolute Gasteiger partial charge is 0.159 e. The summed E-state index contributed by atoms with van der Waals surface area (Å²) in [6, 6.07) is 7.26. The zero-order chi connectivity index (χ0) is 15.0. The van der Waals surface area contributed by atoms with Gasteiger partial charge in [-0.05, 0) is 70.9 Å². The lowest BCUT2D eigenvalue weighted by Gasteiger charge is -2.05. The van der Waals surface area contributed by atoms with Gasteiger partial charge in [0.15, 0.2) is 5.78 Å². The summed E-state index contributed by atoms with van der Waals surface area (Å²) in [5.41, 5.74) is 3.41. The van der Waals surface area contributed by atoms with Gasteiger partial charge in [0, 0.05) is 5.56 Å². The van der Waals surface area contributed by atoms with Crippen molar-refractivity contribution < 1.29 is 9.53 Å². The van der Waals surface area contributed by atoms with Crippen LogP contribution >= 0.6 is 0 Å². The monoisotopic (exact) mass is 272 g/mol. The van der Waals surface area contributed by atoms with Crippen molar-refractivity contribution in [2.24, 2.45) is 0 Å². The summed E-state index contributed by atoms with van der Waals surface area (Å²) in [6.45, 7) is 8.50. The molecule has 2 heteroatoms. The van der Waals surface area contributed by atoms with E-state index in [4.69, 9.17) is 4.74 Å². The highest BCUT2D eigenvalue weighted by atomic mass is 16.5. The van der Waals surface area contributed by atoms with Crippen molar-refractivity contribution in [1.29, 1.82) is 0 Å². The molecule has 0 spiro atoms. The van der Waals surface area contributed by atoms with Crippen molar-refractivity contribution in [1.82, 2.24) is 0 Å². The summed E-state index contributed by atoms with van der Waals surface area (Å²) in [7, 11) is 0. The lowest BCUT2D eigenvalue weighted by Crippen LogP contribution is -1.96. The average Bonchev–Trinajstić information content (AvgIpc) is 2.39. The Kier molecular flexibility index (Phi) is 6.78. The summed E-state index contributed by atoms with van der Waals surface area (Å²) in [5, 5.41) is 0. The number of ether oxygens (including phenoxy) is 1. The van der Waals surface area contributed by atoms with Crippen LogP contribution in [0.4, 0.5) is 0 Å². The Labute approximate surface area is 122 Å². The van der Waals surface area contributed by atoms with Crippen molar-refractivity contribution >= 4 is 5.78 Å². The lowest BCUT2D eigenvalue weighted by molar-refractivity contribution is 0.101. The maximum atomic E-state index is 11.2. The molecule has 0 amide bonds. The molecule has 108 valence electrons. The zero-order valence-electron chi connectivity index (χ0n) is 12.9. The summed E-state index contributed by atoms with van der Waals surface area (Å²) < 4.78 is 5.64. The molecule has 0 aliphatic heterocycles. The minimum atomic E-state index is 0.0755. The third kappa shape index (κ3) is 6.37. The van der Waals surface area contributed by atoms with E-state index in [1.54, 1.807) is 19.1 Å². The van der Waals surface area contributed by atoms with Crippen molar-refractivity contribution in [3.05, 3.63) is 53.1 Å². The highest BCUT2D eigenvalue weighted by molar-refractivity contribution is 5.94. The molecule has 0 atom stereocenters. The molecular formula is C18H24O2. The predicted molar refractivity (Wildman–Crippen MR) is 84.4 cm³/mol. The number of benzene rings is 1. The molecule has 0 aromatic heterocycles. The summed E-state index contributed by atoms with van der Waals surface area (Å²) in [4.78, 5) is 11.2. The molecule has 0 N–H and O–H groups in total. The van der Waals surface area contributed by atoms with E-state index >= 15 is 0 Å². The van der Waals surface area contributed by atoms with Crippen LogP contribution in [0, 0.1) is 0 Å². The van der Waals surface area contributed by atoms with Gasteiger partial charge in [0.25, 0.3) is 0 Å². The van der Waals surface area contributed by atoms with Gasteiger partial charge in [-0.15, -0.1) is 0 Å². The molecule has 1 aromatic carbocycles. The standard InChI is InChI=1S/C18H24O2/c1-14(2)6-5-7-15(3)12-13-20-18-10-8-17(9-11-18)16(4)19/h6,8-12H,5,7,13H2,1-4H3/b15-12+. The second-order valence-electron chi connectivity index (χ2n) is 5.26. The Hall–Kier alpha value is -1.83. The fraction of sp³-hybridized carbons (Fsp3) is 0.389.